The van der Waals surface area contributed by atoms with Gasteiger partial charge in [0.05, 0.1) is 6.26 Å². The van der Waals surface area contributed by atoms with Gasteiger partial charge in [0.15, 0.2) is 0 Å². The molecule has 1 aromatic rings. The SMILES string of the molecule is COC(CSC)c1ccco1. The minimum absolute atomic E-state index is 0.0972. The molecular weight excluding hydrogens is 160 g/mol. The number of rotatable bonds is 4. The predicted octanol–water partition coefficient (Wildman–Crippen LogP) is 2.33. The van der Waals surface area contributed by atoms with Crippen molar-refractivity contribution in [2.24, 2.45) is 0 Å². The van der Waals surface area contributed by atoms with Crippen LogP contribution in [0.1, 0.15) is 11.9 Å². The lowest BCUT2D eigenvalue weighted by Gasteiger charge is -2.09. The van der Waals surface area contributed by atoms with E-state index in [0.29, 0.717) is 0 Å². The second-order valence-electron chi connectivity index (χ2n) is 2.20. The number of hydrogen-bond donors (Lipinski definition) is 0. The molecule has 0 bridgehead atoms. The second kappa shape index (κ2) is 4.46. The van der Waals surface area contributed by atoms with E-state index in [0.717, 1.165) is 11.5 Å². The molecule has 0 amide bonds. The molecule has 0 N–H and O–H groups in total. The first kappa shape index (κ1) is 8.68. The molecule has 0 aliphatic heterocycles. The molecule has 0 fully saturated rings. The van der Waals surface area contributed by atoms with Crippen LogP contribution >= 0.6 is 11.8 Å². The fraction of sp³-hybridized carbons (Fsp3) is 0.500. The highest BCUT2D eigenvalue weighted by atomic mass is 32.2. The van der Waals surface area contributed by atoms with Gasteiger partial charge in [-0.2, -0.15) is 11.8 Å². The Kier molecular flexibility index (Phi) is 3.52. The van der Waals surface area contributed by atoms with E-state index in [1.165, 1.54) is 0 Å². The molecular formula is C8H12O2S. The fourth-order valence-electron chi connectivity index (χ4n) is 0.892. The van der Waals surface area contributed by atoms with Gasteiger partial charge >= 0.3 is 0 Å². The van der Waals surface area contributed by atoms with Crippen molar-refractivity contribution in [2.75, 3.05) is 19.1 Å². The lowest BCUT2D eigenvalue weighted by Crippen LogP contribution is -2.02. The lowest BCUT2D eigenvalue weighted by molar-refractivity contribution is 0.103. The Labute approximate surface area is 70.9 Å². The Balaban J connectivity index is 2.56. The topological polar surface area (TPSA) is 22.4 Å². The predicted molar refractivity (Wildman–Crippen MR) is 46.8 cm³/mol. The van der Waals surface area contributed by atoms with E-state index in [1.54, 1.807) is 25.1 Å². The fourth-order valence-corrected chi connectivity index (χ4v) is 1.50. The maximum atomic E-state index is 5.22. The first-order valence-corrected chi connectivity index (χ1v) is 4.83. The van der Waals surface area contributed by atoms with Crippen molar-refractivity contribution in [3.63, 3.8) is 0 Å². The molecule has 1 heterocycles. The molecule has 1 rings (SSSR count). The van der Waals surface area contributed by atoms with Gasteiger partial charge in [0, 0.05) is 12.9 Å². The summed E-state index contributed by atoms with van der Waals surface area (Å²) in [7, 11) is 1.70. The van der Waals surface area contributed by atoms with Gasteiger partial charge in [0.2, 0.25) is 0 Å². The van der Waals surface area contributed by atoms with Gasteiger partial charge in [-0.3, -0.25) is 0 Å². The number of ether oxygens (including phenoxy) is 1. The zero-order valence-corrected chi connectivity index (χ0v) is 7.56. The summed E-state index contributed by atoms with van der Waals surface area (Å²) < 4.78 is 10.4. The molecule has 0 radical (unpaired) electrons. The molecule has 3 heteroatoms. The van der Waals surface area contributed by atoms with Crippen LogP contribution in [0.2, 0.25) is 0 Å². The van der Waals surface area contributed by atoms with Crippen molar-refractivity contribution >= 4 is 11.8 Å². The Morgan fingerprint density at radius 3 is 3.00 bits per heavy atom. The highest BCUT2D eigenvalue weighted by Crippen LogP contribution is 2.20. The average molecular weight is 172 g/mol. The highest BCUT2D eigenvalue weighted by molar-refractivity contribution is 7.98. The third-order valence-corrected chi connectivity index (χ3v) is 2.10. The van der Waals surface area contributed by atoms with Crippen LogP contribution in [-0.4, -0.2) is 19.1 Å². The van der Waals surface area contributed by atoms with Crippen LogP contribution in [0.5, 0.6) is 0 Å². The molecule has 11 heavy (non-hydrogen) atoms. The molecule has 0 saturated heterocycles. The normalized spacial score (nSPS) is 13.3. The largest absolute Gasteiger partial charge is 0.467 e. The summed E-state index contributed by atoms with van der Waals surface area (Å²) >= 11 is 1.75. The zero-order chi connectivity index (χ0) is 8.10. The standard InChI is InChI=1S/C8H12O2S/c1-9-8(6-11-2)7-4-3-5-10-7/h3-5,8H,6H2,1-2H3. The van der Waals surface area contributed by atoms with Crippen molar-refractivity contribution in [3.05, 3.63) is 24.2 Å². The Bertz CT molecular complexity index is 184. The van der Waals surface area contributed by atoms with E-state index in [4.69, 9.17) is 9.15 Å². The zero-order valence-electron chi connectivity index (χ0n) is 6.74. The molecule has 1 aromatic heterocycles. The second-order valence-corrected chi connectivity index (χ2v) is 3.11. The summed E-state index contributed by atoms with van der Waals surface area (Å²) in [4.78, 5) is 0. The third-order valence-electron chi connectivity index (χ3n) is 1.46. The van der Waals surface area contributed by atoms with Crippen molar-refractivity contribution in [1.29, 1.82) is 0 Å². The Morgan fingerprint density at radius 1 is 1.73 bits per heavy atom. The summed E-state index contributed by atoms with van der Waals surface area (Å²) in [5.74, 6) is 1.84. The first-order chi connectivity index (χ1) is 5.38. The van der Waals surface area contributed by atoms with Crippen LogP contribution in [0.25, 0.3) is 0 Å². The number of furan rings is 1. The van der Waals surface area contributed by atoms with Crippen LogP contribution in [0.15, 0.2) is 22.8 Å². The van der Waals surface area contributed by atoms with Gasteiger partial charge in [-0.15, -0.1) is 0 Å². The summed E-state index contributed by atoms with van der Waals surface area (Å²) in [6.45, 7) is 0. The van der Waals surface area contributed by atoms with Crippen LogP contribution in [-0.2, 0) is 4.74 Å². The van der Waals surface area contributed by atoms with Crippen LogP contribution in [0.3, 0.4) is 0 Å². The maximum absolute atomic E-state index is 5.22. The van der Waals surface area contributed by atoms with Gasteiger partial charge < -0.3 is 9.15 Å². The van der Waals surface area contributed by atoms with Gasteiger partial charge in [-0.25, -0.2) is 0 Å². The molecule has 62 valence electrons. The molecule has 0 aliphatic rings. The number of thioether (sulfide) groups is 1. The maximum Gasteiger partial charge on any atom is 0.133 e. The van der Waals surface area contributed by atoms with Crippen LogP contribution < -0.4 is 0 Å². The lowest BCUT2D eigenvalue weighted by atomic mass is 10.3. The summed E-state index contributed by atoms with van der Waals surface area (Å²) in [5, 5.41) is 0. The smallest absolute Gasteiger partial charge is 0.133 e. The van der Waals surface area contributed by atoms with Gasteiger partial charge in [0.1, 0.15) is 11.9 Å². The van der Waals surface area contributed by atoms with Crippen molar-refractivity contribution in [1.82, 2.24) is 0 Å². The summed E-state index contributed by atoms with van der Waals surface area (Å²) in [6.07, 6.45) is 3.82. The van der Waals surface area contributed by atoms with Gasteiger partial charge in [0.25, 0.3) is 0 Å². The number of hydrogen-bond acceptors (Lipinski definition) is 3. The first-order valence-electron chi connectivity index (χ1n) is 3.43. The van der Waals surface area contributed by atoms with E-state index in [2.05, 4.69) is 6.26 Å². The van der Waals surface area contributed by atoms with Gasteiger partial charge in [-0.1, -0.05) is 0 Å². The van der Waals surface area contributed by atoms with Gasteiger partial charge in [-0.05, 0) is 18.4 Å². The van der Waals surface area contributed by atoms with E-state index < -0.39 is 0 Å². The Hall–Kier alpha value is -0.410. The van der Waals surface area contributed by atoms with Crippen LogP contribution in [0, 0.1) is 0 Å². The van der Waals surface area contributed by atoms with Crippen molar-refractivity contribution < 1.29 is 9.15 Å². The minimum atomic E-state index is 0.0972. The highest BCUT2D eigenvalue weighted by Gasteiger charge is 2.11. The van der Waals surface area contributed by atoms with E-state index in [9.17, 15) is 0 Å². The van der Waals surface area contributed by atoms with E-state index in [1.807, 2.05) is 12.1 Å². The monoisotopic (exact) mass is 172 g/mol. The van der Waals surface area contributed by atoms with Crippen molar-refractivity contribution in [3.8, 4) is 0 Å². The molecule has 0 saturated carbocycles. The summed E-state index contributed by atoms with van der Waals surface area (Å²) in [5.41, 5.74) is 0. The van der Waals surface area contributed by atoms with E-state index in [-0.39, 0.29) is 6.10 Å². The molecule has 0 spiro atoms. The van der Waals surface area contributed by atoms with Crippen LogP contribution in [0.4, 0.5) is 0 Å². The Morgan fingerprint density at radius 2 is 2.55 bits per heavy atom. The van der Waals surface area contributed by atoms with Crippen molar-refractivity contribution in [2.45, 2.75) is 6.10 Å². The molecule has 1 unspecified atom stereocenters. The molecule has 0 aliphatic carbocycles. The third kappa shape index (κ3) is 2.27. The van der Waals surface area contributed by atoms with E-state index >= 15 is 0 Å². The number of methoxy groups -OCH3 is 1. The molecule has 0 aromatic carbocycles. The molecule has 2 nitrogen and oxygen atoms in total. The minimum Gasteiger partial charge on any atom is -0.467 e. The quantitative estimate of drug-likeness (QED) is 0.696. The summed E-state index contributed by atoms with van der Waals surface area (Å²) in [6, 6.07) is 3.81. The molecule has 1 atom stereocenters. The average Bonchev–Trinajstić information content (AvgIpc) is 2.52.